The molecule has 2 rings (SSSR count). The van der Waals surface area contributed by atoms with Crippen molar-refractivity contribution in [3.63, 3.8) is 0 Å². The Morgan fingerprint density at radius 1 is 1.17 bits per heavy atom. The standard InChI is InChI=1S/C17H22N4O3/c1-10(2)15(22)19-11(3)16(23)20-14-13-8-6-5-7-12(13)9-18-21(4)17(14)24/h5-11,14H,1-4H3,(H,19,22)(H,20,23)/t11-,14?/m0/s1. The van der Waals surface area contributed by atoms with Gasteiger partial charge in [0.1, 0.15) is 12.1 Å². The van der Waals surface area contributed by atoms with Crippen molar-refractivity contribution in [3.05, 3.63) is 35.4 Å². The lowest BCUT2D eigenvalue weighted by molar-refractivity contribution is -0.136. The van der Waals surface area contributed by atoms with E-state index in [9.17, 15) is 14.4 Å². The second-order valence-electron chi connectivity index (χ2n) is 6.06. The fraction of sp³-hybridized carbons (Fsp3) is 0.412. The molecule has 0 radical (unpaired) electrons. The third kappa shape index (κ3) is 3.79. The van der Waals surface area contributed by atoms with Gasteiger partial charge in [0.05, 0.1) is 6.21 Å². The van der Waals surface area contributed by atoms with Crippen molar-refractivity contribution >= 4 is 23.9 Å². The Bertz CT molecular complexity index is 684. The van der Waals surface area contributed by atoms with E-state index in [4.69, 9.17) is 0 Å². The molecule has 1 aliphatic rings. The van der Waals surface area contributed by atoms with E-state index in [-0.39, 0.29) is 17.7 Å². The molecule has 1 aliphatic heterocycles. The number of carbonyl (C=O) groups excluding carboxylic acids is 3. The van der Waals surface area contributed by atoms with E-state index >= 15 is 0 Å². The molecule has 0 aliphatic carbocycles. The maximum absolute atomic E-state index is 12.5. The molecule has 0 saturated carbocycles. The minimum atomic E-state index is -0.848. The number of likely N-dealkylation sites (N-methyl/N-ethyl adjacent to an activating group) is 1. The van der Waals surface area contributed by atoms with E-state index in [2.05, 4.69) is 15.7 Å². The lowest BCUT2D eigenvalue weighted by atomic mass is 10.00. The first kappa shape index (κ1) is 17.7. The second-order valence-corrected chi connectivity index (χ2v) is 6.06. The van der Waals surface area contributed by atoms with Crippen molar-refractivity contribution in [2.24, 2.45) is 11.0 Å². The van der Waals surface area contributed by atoms with Gasteiger partial charge in [0, 0.05) is 18.5 Å². The van der Waals surface area contributed by atoms with Gasteiger partial charge in [-0.15, -0.1) is 0 Å². The van der Waals surface area contributed by atoms with Crippen LogP contribution in [0.15, 0.2) is 29.4 Å². The van der Waals surface area contributed by atoms with Crippen LogP contribution in [0, 0.1) is 5.92 Å². The molecular formula is C17H22N4O3. The molecule has 0 bridgehead atoms. The van der Waals surface area contributed by atoms with Crippen molar-refractivity contribution in [2.75, 3.05) is 7.05 Å². The van der Waals surface area contributed by atoms with E-state index < -0.39 is 18.0 Å². The molecule has 1 heterocycles. The van der Waals surface area contributed by atoms with Gasteiger partial charge >= 0.3 is 0 Å². The Hall–Kier alpha value is -2.70. The molecule has 3 amide bonds. The lowest BCUT2D eigenvalue weighted by Gasteiger charge is -2.23. The zero-order chi connectivity index (χ0) is 17.9. The highest BCUT2D eigenvalue weighted by atomic mass is 16.2. The highest BCUT2D eigenvalue weighted by molar-refractivity contribution is 5.96. The van der Waals surface area contributed by atoms with Crippen LogP contribution in [0.1, 0.15) is 37.9 Å². The average molecular weight is 330 g/mol. The number of fused-ring (bicyclic) bond motifs is 1. The number of nitrogens with one attached hydrogen (secondary N) is 2. The molecule has 7 nitrogen and oxygen atoms in total. The molecule has 0 spiro atoms. The molecular weight excluding hydrogens is 308 g/mol. The number of hydrazone groups is 1. The van der Waals surface area contributed by atoms with Crippen molar-refractivity contribution in [3.8, 4) is 0 Å². The number of hydrogen-bond donors (Lipinski definition) is 2. The summed E-state index contributed by atoms with van der Waals surface area (Å²) in [4.78, 5) is 36.6. The molecule has 1 unspecified atom stereocenters. The molecule has 1 aromatic carbocycles. The van der Waals surface area contributed by atoms with E-state index in [1.807, 2.05) is 12.1 Å². The molecule has 2 atom stereocenters. The number of nitrogens with zero attached hydrogens (tertiary/aromatic N) is 2. The fourth-order valence-corrected chi connectivity index (χ4v) is 2.27. The summed E-state index contributed by atoms with van der Waals surface area (Å²) in [7, 11) is 1.54. The van der Waals surface area contributed by atoms with Gasteiger partial charge in [0.25, 0.3) is 5.91 Å². The summed E-state index contributed by atoms with van der Waals surface area (Å²) in [6.07, 6.45) is 1.59. The van der Waals surface area contributed by atoms with E-state index in [1.165, 1.54) is 12.1 Å². The molecule has 1 aromatic rings. The Labute approximate surface area is 141 Å². The van der Waals surface area contributed by atoms with Gasteiger partial charge in [-0.3, -0.25) is 14.4 Å². The number of benzene rings is 1. The SMILES string of the molecule is CC(C)C(=O)N[C@@H](C)C(=O)NC1C(=O)N(C)N=Cc2ccccc21. The topological polar surface area (TPSA) is 90.9 Å². The molecule has 128 valence electrons. The van der Waals surface area contributed by atoms with Crippen LogP contribution < -0.4 is 10.6 Å². The summed E-state index contributed by atoms with van der Waals surface area (Å²) in [5.41, 5.74) is 1.44. The predicted octanol–water partition coefficient (Wildman–Crippen LogP) is 0.811. The van der Waals surface area contributed by atoms with Gasteiger partial charge in [-0.1, -0.05) is 38.1 Å². The minimum absolute atomic E-state index is 0.217. The molecule has 0 fully saturated rings. The summed E-state index contributed by atoms with van der Waals surface area (Å²) in [5, 5.41) is 10.6. The van der Waals surface area contributed by atoms with Crippen LogP contribution in [-0.2, 0) is 14.4 Å². The van der Waals surface area contributed by atoms with Crippen LogP contribution in [0.4, 0.5) is 0 Å². The van der Waals surface area contributed by atoms with Gasteiger partial charge in [0.2, 0.25) is 11.8 Å². The van der Waals surface area contributed by atoms with Crippen LogP contribution >= 0.6 is 0 Å². The molecule has 2 N–H and O–H groups in total. The summed E-state index contributed by atoms with van der Waals surface area (Å²) < 4.78 is 0. The molecule has 0 aromatic heterocycles. The van der Waals surface area contributed by atoms with E-state index in [0.717, 1.165) is 5.56 Å². The first-order valence-corrected chi connectivity index (χ1v) is 7.82. The lowest BCUT2D eigenvalue weighted by Crippen LogP contribution is -2.49. The predicted molar refractivity (Wildman–Crippen MR) is 90.1 cm³/mol. The van der Waals surface area contributed by atoms with Crippen LogP contribution in [0.3, 0.4) is 0 Å². The summed E-state index contributed by atoms with van der Waals surface area (Å²) >= 11 is 0. The zero-order valence-corrected chi connectivity index (χ0v) is 14.2. The Balaban J connectivity index is 2.19. The van der Waals surface area contributed by atoms with Gasteiger partial charge in [-0.2, -0.15) is 5.10 Å². The third-order valence-corrected chi connectivity index (χ3v) is 3.81. The molecule has 24 heavy (non-hydrogen) atoms. The average Bonchev–Trinajstić information content (AvgIpc) is 2.67. The van der Waals surface area contributed by atoms with Crippen molar-refractivity contribution < 1.29 is 14.4 Å². The van der Waals surface area contributed by atoms with Crippen molar-refractivity contribution in [1.82, 2.24) is 15.6 Å². The maximum Gasteiger partial charge on any atom is 0.269 e. The first-order chi connectivity index (χ1) is 11.3. The fourth-order valence-electron chi connectivity index (χ4n) is 2.27. The van der Waals surface area contributed by atoms with Gasteiger partial charge < -0.3 is 10.6 Å². The van der Waals surface area contributed by atoms with Crippen LogP contribution in [0.2, 0.25) is 0 Å². The number of amides is 3. The Kier molecular flexibility index (Phi) is 5.33. The summed E-state index contributed by atoms with van der Waals surface area (Å²) in [6.45, 7) is 5.08. The second kappa shape index (κ2) is 7.25. The third-order valence-electron chi connectivity index (χ3n) is 3.81. The van der Waals surface area contributed by atoms with Crippen molar-refractivity contribution in [2.45, 2.75) is 32.9 Å². The number of rotatable bonds is 4. The smallest absolute Gasteiger partial charge is 0.269 e. The highest BCUT2D eigenvalue weighted by Gasteiger charge is 2.31. The summed E-state index contributed by atoms with van der Waals surface area (Å²) in [5.74, 6) is -1.20. The maximum atomic E-state index is 12.5. The monoisotopic (exact) mass is 330 g/mol. The largest absolute Gasteiger partial charge is 0.344 e. The van der Waals surface area contributed by atoms with Gasteiger partial charge in [-0.25, -0.2) is 5.01 Å². The van der Waals surface area contributed by atoms with E-state index in [1.54, 1.807) is 39.1 Å². The quantitative estimate of drug-likeness (QED) is 0.856. The Morgan fingerprint density at radius 3 is 2.50 bits per heavy atom. The van der Waals surface area contributed by atoms with Crippen LogP contribution in [-0.4, -0.2) is 42.0 Å². The highest BCUT2D eigenvalue weighted by Crippen LogP contribution is 2.22. The number of carbonyl (C=O) groups is 3. The minimum Gasteiger partial charge on any atom is -0.344 e. The van der Waals surface area contributed by atoms with Crippen LogP contribution in [0.25, 0.3) is 0 Å². The molecule has 0 saturated heterocycles. The Morgan fingerprint density at radius 2 is 1.83 bits per heavy atom. The zero-order valence-electron chi connectivity index (χ0n) is 14.2. The van der Waals surface area contributed by atoms with E-state index in [0.29, 0.717) is 5.56 Å². The first-order valence-electron chi connectivity index (χ1n) is 7.82. The van der Waals surface area contributed by atoms with Crippen LogP contribution in [0.5, 0.6) is 0 Å². The summed E-state index contributed by atoms with van der Waals surface area (Å²) in [6, 6.07) is 5.66. The number of hydrogen-bond acceptors (Lipinski definition) is 4. The van der Waals surface area contributed by atoms with Crippen molar-refractivity contribution in [1.29, 1.82) is 0 Å². The molecule has 7 heteroatoms. The van der Waals surface area contributed by atoms with Gasteiger partial charge in [0.15, 0.2) is 0 Å². The normalized spacial score (nSPS) is 18.0. The van der Waals surface area contributed by atoms with Gasteiger partial charge in [-0.05, 0) is 12.5 Å².